The fourth-order valence-corrected chi connectivity index (χ4v) is 10.1. The molecule has 0 saturated heterocycles. The van der Waals surface area contributed by atoms with Gasteiger partial charge in [-0.15, -0.1) is 11.3 Å². The van der Waals surface area contributed by atoms with Crippen LogP contribution in [0.1, 0.15) is 0 Å². The van der Waals surface area contributed by atoms with Crippen molar-refractivity contribution in [3.05, 3.63) is 176 Å². The van der Waals surface area contributed by atoms with Gasteiger partial charge in [-0.3, -0.25) is 0 Å². The van der Waals surface area contributed by atoms with E-state index in [2.05, 4.69) is 190 Å². The Morgan fingerprint density at radius 2 is 0.712 bits per heavy atom. The van der Waals surface area contributed by atoms with E-state index in [9.17, 15) is 0 Å². The van der Waals surface area contributed by atoms with Crippen LogP contribution in [-0.2, 0) is 0 Å². The van der Waals surface area contributed by atoms with E-state index in [1.807, 2.05) is 11.3 Å². The summed E-state index contributed by atoms with van der Waals surface area (Å²) in [5.74, 6) is 0. The lowest BCUT2D eigenvalue weighted by atomic mass is 10.1. The zero-order valence-corrected chi connectivity index (χ0v) is 28.8. The Balaban J connectivity index is 1.14. The molecule has 0 aliphatic heterocycles. The van der Waals surface area contributed by atoms with Crippen molar-refractivity contribution in [2.45, 2.75) is 0 Å². The van der Waals surface area contributed by atoms with E-state index >= 15 is 0 Å². The maximum atomic E-state index is 2.47. The van der Waals surface area contributed by atoms with Gasteiger partial charge in [0.15, 0.2) is 0 Å². The molecule has 52 heavy (non-hydrogen) atoms. The van der Waals surface area contributed by atoms with Crippen LogP contribution in [0.15, 0.2) is 176 Å². The highest BCUT2D eigenvalue weighted by molar-refractivity contribution is 7.26. The lowest BCUT2D eigenvalue weighted by Gasteiger charge is -2.13. The minimum Gasteiger partial charge on any atom is -0.309 e. The molecule has 0 saturated carbocycles. The van der Waals surface area contributed by atoms with Gasteiger partial charge in [0, 0.05) is 69.6 Å². The van der Waals surface area contributed by atoms with Gasteiger partial charge < -0.3 is 13.7 Å². The second kappa shape index (κ2) is 10.5. The topological polar surface area (TPSA) is 14.8 Å². The van der Waals surface area contributed by atoms with Crippen LogP contribution in [-0.4, -0.2) is 13.7 Å². The number of nitrogens with zero attached hydrogens (tertiary/aromatic N) is 3. The Labute approximate surface area is 302 Å². The molecular formula is C48H29N3S. The van der Waals surface area contributed by atoms with Gasteiger partial charge in [-0.1, -0.05) is 103 Å². The molecule has 4 heterocycles. The van der Waals surface area contributed by atoms with Crippen molar-refractivity contribution >= 4 is 96.9 Å². The van der Waals surface area contributed by atoms with E-state index in [0.29, 0.717) is 0 Å². The maximum Gasteiger partial charge on any atom is 0.0562 e. The Bertz CT molecular complexity index is 3300. The Kier molecular flexibility index (Phi) is 5.65. The molecule has 242 valence electrons. The third-order valence-electron chi connectivity index (χ3n) is 11.0. The molecule has 8 aromatic carbocycles. The fraction of sp³-hybridized carbons (Fsp3) is 0. The molecule has 4 aromatic heterocycles. The third-order valence-corrected chi connectivity index (χ3v) is 12.2. The number of para-hydroxylation sites is 4. The lowest BCUT2D eigenvalue weighted by Crippen LogP contribution is -1.98. The first kappa shape index (κ1) is 28.1. The first-order chi connectivity index (χ1) is 25.8. The predicted molar refractivity (Wildman–Crippen MR) is 222 cm³/mol. The summed E-state index contributed by atoms with van der Waals surface area (Å²) in [4.78, 5) is 0. The van der Waals surface area contributed by atoms with Crippen molar-refractivity contribution in [3.63, 3.8) is 0 Å². The Morgan fingerprint density at radius 1 is 0.288 bits per heavy atom. The number of hydrogen-bond donors (Lipinski definition) is 0. The molecular weight excluding hydrogens is 651 g/mol. The number of thiophene rings is 1. The molecule has 0 unspecified atom stereocenters. The van der Waals surface area contributed by atoms with Crippen molar-refractivity contribution in [2.24, 2.45) is 0 Å². The molecule has 4 heteroatoms. The van der Waals surface area contributed by atoms with Crippen LogP contribution >= 0.6 is 11.3 Å². The van der Waals surface area contributed by atoms with Gasteiger partial charge in [0.1, 0.15) is 0 Å². The summed E-state index contributed by atoms with van der Waals surface area (Å²) in [6.45, 7) is 0. The molecule has 0 amide bonds. The minimum absolute atomic E-state index is 1.14. The van der Waals surface area contributed by atoms with E-state index in [1.54, 1.807) is 0 Å². The van der Waals surface area contributed by atoms with Gasteiger partial charge in [0.05, 0.1) is 33.1 Å². The van der Waals surface area contributed by atoms with E-state index in [0.717, 1.165) is 17.1 Å². The second-order valence-corrected chi connectivity index (χ2v) is 14.8. The van der Waals surface area contributed by atoms with Gasteiger partial charge in [0.2, 0.25) is 0 Å². The second-order valence-electron chi connectivity index (χ2n) is 13.7. The van der Waals surface area contributed by atoms with E-state index in [1.165, 1.54) is 85.6 Å². The predicted octanol–water partition coefficient (Wildman–Crippen LogP) is 13.3. The largest absolute Gasteiger partial charge is 0.309 e. The van der Waals surface area contributed by atoms with E-state index in [4.69, 9.17) is 0 Å². The fourth-order valence-electron chi connectivity index (χ4n) is 8.84. The average molecular weight is 680 g/mol. The van der Waals surface area contributed by atoms with Gasteiger partial charge in [-0.25, -0.2) is 0 Å². The summed E-state index contributed by atoms with van der Waals surface area (Å²) in [6.07, 6.45) is 0. The van der Waals surface area contributed by atoms with Gasteiger partial charge in [-0.05, 0) is 72.8 Å². The van der Waals surface area contributed by atoms with Crippen molar-refractivity contribution in [1.29, 1.82) is 0 Å². The molecule has 12 rings (SSSR count). The third kappa shape index (κ3) is 3.74. The smallest absolute Gasteiger partial charge is 0.0562 e. The van der Waals surface area contributed by atoms with Crippen LogP contribution in [0.3, 0.4) is 0 Å². The Morgan fingerprint density at radius 3 is 1.27 bits per heavy atom. The van der Waals surface area contributed by atoms with Gasteiger partial charge in [-0.2, -0.15) is 0 Å². The zero-order valence-electron chi connectivity index (χ0n) is 28.0. The number of hydrogen-bond acceptors (Lipinski definition) is 1. The SMILES string of the molecule is c1ccc2c(c1)sc1c2ccc2c1c1ccc(-n3c4ccccc4c4ccccc43)cc1n2-c1ccc(-n2c3ccccc3c3ccccc32)cc1. The lowest BCUT2D eigenvalue weighted by molar-refractivity contribution is 1.14. The Hall–Kier alpha value is -6.62. The first-order valence-electron chi connectivity index (χ1n) is 17.8. The van der Waals surface area contributed by atoms with Crippen LogP contribution in [0.25, 0.3) is 103 Å². The highest BCUT2D eigenvalue weighted by atomic mass is 32.1. The maximum absolute atomic E-state index is 2.47. The summed E-state index contributed by atoms with van der Waals surface area (Å²) in [5, 5.41) is 10.3. The average Bonchev–Trinajstić information content (AvgIpc) is 3.94. The highest BCUT2D eigenvalue weighted by Gasteiger charge is 2.20. The summed E-state index contributed by atoms with van der Waals surface area (Å²) in [5.41, 5.74) is 10.7. The van der Waals surface area contributed by atoms with Gasteiger partial charge >= 0.3 is 0 Å². The summed E-state index contributed by atoms with van der Waals surface area (Å²) < 4.78 is 9.95. The first-order valence-corrected chi connectivity index (χ1v) is 18.6. The summed E-state index contributed by atoms with van der Waals surface area (Å²) in [6, 6.07) is 64.6. The van der Waals surface area contributed by atoms with Crippen molar-refractivity contribution < 1.29 is 0 Å². The van der Waals surface area contributed by atoms with Crippen LogP contribution in [0, 0.1) is 0 Å². The summed E-state index contributed by atoms with van der Waals surface area (Å²) >= 11 is 1.90. The zero-order chi connectivity index (χ0) is 33.9. The highest BCUT2D eigenvalue weighted by Crippen LogP contribution is 2.44. The van der Waals surface area contributed by atoms with Crippen molar-refractivity contribution in [3.8, 4) is 17.1 Å². The number of fused-ring (bicyclic) bond motifs is 13. The van der Waals surface area contributed by atoms with E-state index in [-0.39, 0.29) is 0 Å². The molecule has 0 spiro atoms. The van der Waals surface area contributed by atoms with Crippen LogP contribution in [0.4, 0.5) is 0 Å². The number of benzene rings is 8. The number of rotatable bonds is 3. The molecule has 0 atom stereocenters. The van der Waals surface area contributed by atoms with Crippen LogP contribution in [0.5, 0.6) is 0 Å². The standard InChI is InChI=1S/C48H29N3S/c1-6-16-40-33(11-1)34-12-2-7-17-41(34)49(40)30-21-23-31(24-22-30)50-44-28-27-38-37-15-5-10-20-46(37)52-48(38)47(44)39-26-25-32(29-45(39)50)51-42-18-8-3-13-35(42)36-14-4-9-19-43(36)51/h1-29H. The monoisotopic (exact) mass is 679 g/mol. The molecule has 0 bridgehead atoms. The molecule has 0 aliphatic rings. The molecule has 3 nitrogen and oxygen atoms in total. The number of aromatic nitrogens is 3. The van der Waals surface area contributed by atoms with Crippen molar-refractivity contribution in [2.75, 3.05) is 0 Å². The normalized spacial score (nSPS) is 12.2. The molecule has 0 radical (unpaired) electrons. The van der Waals surface area contributed by atoms with Crippen LogP contribution < -0.4 is 0 Å². The summed E-state index contributed by atoms with van der Waals surface area (Å²) in [7, 11) is 0. The quantitative estimate of drug-likeness (QED) is 0.177. The molecule has 0 N–H and O–H groups in total. The molecule has 12 aromatic rings. The minimum atomic E-state index is 1.14. The molecule has 0 fully saturated rings. The van der Waals surface area contributed by atoms with E-state index < -0.39 is 0 Å². The molecule has 0 aliphatic carbocycles. The van der Waals surface area contributed by atoms with Crippen LogP contribution in [0.2, 0.25) is 0 Å². The van der Waals surface area contributed by atoms with Crippen molar-refractivity contribution in [1.82, 2.24) is 13.7 Å². The van der Waals surface area contributed by atoms with Gasteiger partial charge in [0.25, 0.3) is 0 Å².